The molecule has 1 amide bonds. The lowest BCUT2D eigenvalue weighted by Gasteiger charge is -2.11. The summed E-state index contributed by atoms with van der Waals surface area (Å²) in [7, 11) is -4.00. The molecule has 3 aromatic carbocycles. The lowest BCUT2D eigenvalue weighted by Crippen LogP contribution is -2.17. The quantitative estimate of drug-likeness (QED) is 0.353. The Hall–Kier alpha value is -4.05. The number of imidazole rings is 1. The summed E-state index contributed by atoms with van der Waals surface area (Å²) < 4.78 is 28.1. The summed E-state index contributed by atoms with van der Waals surface area (Å²) in [5, 5.41) is 10.9. The van der Waals surface area contributed by atoms with Crippen molar-refractivity contribution >= 4 is 32.5 Å². The second-order valence-corrected chi connectivity index (χ2v) is 9.07. The molecule has 0 saturated carbocycles. The lowest BCUT2D eigenvalue weighted by atomic mass is 10.1. The number of nitrogens with zero attached hydrogens (tertiary/aromatic N) is 3. The zero-order valence-corrected chi connectivity index (χ0v) is 17.7. The monoisotopic (exact) mass is 450 g/mol. The summed E-state index contributed by atoms with van der Waals surface area (Å²) in [6, 6.07) is 16.8. The van der Waals surface area contributed by atoms with Crippen molar-refractivity contribution in [3.8, 4) is 0 Å². The third-order valence-corrected chi connectivity index (χ3v) is 6.96. The van der Waals surface area contributed by atoms with Crippen molar-refractivity contribution in [3.63, 3.8) is 0 Å². The van der Waals surface area contributed by atoms with Crippen molar-refractivity contribution < 1.29 is 18.1 Å². The van der Waals surface area contributed by atoms with E-state index < -0.39 is 20.7 Å². The fourth-order valence-electron chi connectivity index (χ4n) is 3.58. The van der Waals surface area contributed by atoms with E-state index in [0.29, 0.717) is 17.9 Å². The van der Waals surface area contributed by atoms with Gasteiger partial charge in [-0.2, -0.15) is 0 Å². The average Bonchev–Trinajstić information content (AvgIpc) is 3.08. The first-order valence-corrected chi connectivity index (χ1v) is 11.0. The van der Waals surface area contributed by atoms with E-state index in [1.165, 1.54) is 30.3 Å². The maximum atomic E-state index is 13.2. The second kappa shape index (κ2) is 7.89. The maximum Gasteiger partial charge on any atom is 0.269 e. The van der Waals surface area contributed by atoms with Crippen LogP contribution < -0.4 is 5.73 Å². The highest BCUT2D eigenvalue weighted by molar-refractivity contribution is 7.91. The molecule has 10 heteroatoms. The molecule has 4 aromatic rings. The van der Waals surface area contributed by atoms with Gasteiger partial charge in [0.15, 0.2) is 0 Å². The minimum Gasteiger partial charge on any atom is -0.365 e. The molecule has 0 atom stereocenters. The Bertz CT molecular complexity index is 1460. The van der Waals surface area contributed by atoms with Gasteiger partial charge >= 0.3 is 0 Å². The van der Waals surface area contributed by atoms with Crippen molar-refractivity contribution in [1.29, 1.82) is 0 Å². The van der Waals surface area contributed by atoms with Gasteiger partial charge in [-0.25, -0.2) is 13.4 Å². The van der Waals surface area contributed by atoms with Gasteiger partial charge in [-0.3, -0.25) is 14.9 Å². The molecule has 1 heterocycles. The van der Waals surface area contributed by atoms with E-state index in [9.17, 15) is 23.3 Å². The summed E-state index contributed by atoms with van der Waals surface area (Å²) in [5.41, 5.74) is 6.90. The number of aromatic nitrogens is 2. The lowest BCUT2D eigenvalue weighted by molar-refractivity contribution is -0.384. The van der Waals surface area contributed by atoms with Gasteiger partial charge in [0.1, 0.15) is 11.3 Å². The van der Waals surface area contributed by atoms with Gasteiger partial charge in [-0.15, -0.1) is 0 Å². The normalized spacial score (nSPS) is 11.5. The first kappa shape index (κ1) is 21.2. The summed E-state index contributed by atoms with van der Waals surface area (Å²) in [6.07, 6.45) is 0. The Labute approximate surface area is 183 Å². The number of carbonyl (C=O) groups is 1. The van der Waals surface area contributed by atoms with E-state index >= 15 is 0 Å². The number of rotatable bonds is 6. The highest BCUT2D eigenvalue weighted by Gasteiger charge is 2.27. The van der Waals surface area contributed by atoms with Crippen LogP contribution in [-0.2, 0) is 16.4 Å². The number of nitro groups is 1. The number of nitrogens with two attached hydrogens (primary N) is 1. The molecule has 0 radical (unpaired) electrons. The van der Waals surface area contributed by atoms with E-state index in [0.717, 1.165) is 5.56 Å². The average molecular weight is 450 g/mol. The Morgan fingerprint density at radius 2 is 1.72 bits per heavy atom. The fraction of sp³-hybridized carbons (Fsp3) is 0.0909. The molecule has 1 aromatic heterocycles. The van der Waals surface area contributed by atoms with Crippen LogP contribution in [0.25, 0.3) is 11.0 Å². The molecule has 0 spiro atoms. The van der Waals surface area contributed by atoms with Gasteiger partial charge in [0.25, 0.3) is 11.6 Å². The number of non-ortho nitro benzene ring substituents is 1. The summed E-state index contributed by atoms with van der Waals surface area (Å²) in [6.45, 7) is 2.05. The standard InChI is InChI=1S/C22H18N4O5S/c1-14-24-21-18(25(14)13-15-7-9-16(10-8-15)26(28)29)11-12-19(20(21)22(23)27)32(30,31)17-5-3-2-4-6-17/h2-12H,13H2,1H3,(H2,23,27). The number of hydrogen-bond acceptors (Lipinski definition) is 6. The Kier molecular flexibility index (Phi) is 5.23. The van der Waals surface area contributed by atoms with E-state index in [-0.39, 0.29) is 26.6 Å². The largest absolute Gasteiger partial charge is 0.365 e. The predicted octanol–water partition coefficient (Wildman–Crippen LogP) is 3.23. The van der Waals surface area contributed by atoms with E-state index in [4.69, 9.17) is 5.73 Å². The number of sulfone groups is 1. The van der Waals surface area contributed by atoms with Crippen molar-refractivity contribution in [2.24, 2.45) is 5.73 Å². The number of primary amides is 1. The van der Waals surface area contributed by atoms with Gasteiger partial charge in [-0.1, -0.05) is 30.3 Å². The van der Waals surface area contributed by atoms with Crippen LogP contribution in [0.2, 0.25) is 0 Å². The predicted molar refractivity (Wildman–Crippen MR) is 117 cm³/mol. The number of nitro benzene ring substituents is 1. The van der Waals surface area contributed by atoms with Crippen molar-refractivity contribution in [1.82, 2.24) is 9.55 Å². The van der Waals surface area contributed by atoms with E-state index in [1.807, 2.05) is 0 Å². The molecule has 32 heavy (non-hydrogen) atoms. The molecule has 0 fully saturated rings. The second-order valence-electron chi connectivity index (χ2n) is 7.16. The minimum atomic E-state index is -4.00. The van der Waals surface area contributed by atoms with Crippen molar-refractivity contribution in [3.05, 3.63) is 93.8 Å². The highest BCUT2D eigenvalue weighted by Crippen LogP contribution is 2.30. The molecule has 0 aliphatic heterocycles. The highest BCUT2D eigenvalue weighted by atomic mass is 32.2. The number of amides is 1. The molecular weight excluding hydrogens is 432 g/mol. The summed E-state index contributed by atoms with van der Waals surface area (Å²) >= 11 is 0. The molecule has 0 saturated heterocycles. The minimum absolute atomic E-state index is 0.0206. The first-order chi connectivity index (χ1) is 15.2. The number of carbonyl (C=O) groups excluding carboxylic acids is 1. The third-order valence-electron chi connectivity index (χ3n) is 5.15. The zero-order valence-electron chi connectivity index (χ0n) is 16.9. The third kappa shape index (κ3) is 3.60. The van der Waals surface area contributed by atoms with Gasteiger partial charge in [-0.05, 0) is 36.8 Å². The maximum absolute atomic E-state index is 13.2. The molecule has 0 bridgehead atoms. The molecule has 0 aliphatic rings. The SMILES string of the molecule is Cc1nc2c(C(N)=O)c(S(=O)(=O)c3ccccc3)ccc2n1Cc1ccc([N+](=O)[O-])cc1. The van der Waals surface area contributed by atoms with Crippen molar-refractivity contribution in [2.75, 3.05) is 0 Å². The molecule has 9 nitrogen and oxygen atoms in total. The van der Waals surface area contributed by atoms with Gasteiger partial charge in [0.05, 0.1) is 25.8 Å². The van der Waals surface area contributed by atoms with Crippen LogP contribution in [-0.4, -0.2) is 28.8 Å². The van der Waals surface area contributed by atoms with Crippen LogP contribution >= 0.6 is 0 Å². The van der Waals surface area contributed by atoms with Crippen LogP contribution in [0.5, 0.6) is 0 Å². The van der Waals surface area contributed by atoms with E-state index in [1.54, 1.807) is 47.9 Å². The van der Waals surface area contributed by atoms with Crippen LogP contribution in [0.4, 0.5) is 5.69 Å². The van der Waals surface area contributed by atoms with Gasteiger partial charge < -0.3 is 10.3 Å². The molecule has 4 rings (SSSR count). The van der Waals surface area contributed by atoms with Crippen LogP contribution in [0.15, 0.2) is 76.5 Å². The Morgan fingerprint density at radius 1 is 1.06 bits per heavy atom. The number of fused-ring (bicyclic) bond motifs is 1. The number of benzene rings is 3. The number of aryl methyl sites for hydroxylation is 1. The molecule has 162 valence electrons. The Morgan fingerprint density at radius 3 is 2.31 bits per heavy atom. The number of hydrogen-bond donors (Lipinski definition) is 1. The van der Waals surface area contributed by atoms with Crippen molar-refractivity contribution in [2.45, 2.75) is 23.3 Å². The topological polar surface area (TPSA) is 138 Å². The fourth-order valence-corrected chi connectivity index (χ4v) is 5.07. The Balaban J connectivity index is 1.86. The molecular formula is C22H18N4O5S. The molecule has 2 N–H and O–H groups in total. The smallest absolute Gasteiger partial charge is 0.269 e. The first-order valence-electron chi connectivity index (χ1n) is 9.53. The van der Waals surface area contributed by atoms with Crippen LogP contribution in [0.3, 0.4) is 0 Å². The van der Waals surface area contributed by atoms with Gasteiger partial charge in [0.2, 0.25) is 9.84 Å². The molecule has 0 aliphatic carbocycles. The van der Waals surface area contributed by atoms with Crippen LogP contribution in [0, 0.1) is 17.0 Å². The van der Waals surface area contributed by atoms with Crippen LogP contribution in [0.1, 0.15) is 21.7 Å². The summed E-state index contributed by atoms with van der Waals surface area (Å²) in [4.78, 5) is 27.0. The van der Waals surface area contributed by atoms with Gasteiger partial charge in [0, 0.05) is 18.7 Å². The molecule has 0 unspecified atom stereocenters. The summed E-state index contributed by atoms with van der Waals surface area (Å²) in [5.74, 6) is -0.361. The zero-order chi connectivity index (χ0) is 23.0. The van der Waals surface area contributed by atoms with E-state index in [2.05, 4.69) is 4.98 Å².